The smallest absolute Gasteiger partial charge is 0.123 e. The topological polar surface area (TPSA) is 24.5 Å². The summed E-state index contributed by atoms with van der Waals surface area (Å²) in [5.74, 6) is 1.86. The summed E-state index contributed by atoms with van der Waals surface area (Å²) >= 11 is 6.22. The van der Waals surface area contributed by atoms with E-state index in [0.717, 1.165) is 42.9 Å². The molecule has 1 aromatic rings. The van der Waals surface area contributed by atoms with Gasteiger partial charge in [0.25, 0.3) is 0 Å². The van der Waals surface area contributed by atoms with Gasteiger partial charge in [-0.15, -0.1) is 0 Å². The van der Waals surface area contributed by atoms with E-state index in [1.165, 1.54) is 24.8 Å². The van der Waals surface area contributed by atoms with Gasteiger partial charge in [0.2, 0.25) is 0 Å². The molecule has 4 heteroatoms. The molecule has 3 rings (SSSR count). The number of halogens is 1. The summed E-state index contributed by atoms with van der Waals surface area (Å²) in [7, 11) is 1.75. The highest BCUT2D eigenvalue weighted by molar-refractivity contribution is 6.30. The molecule has 1 heterocycles. The predicted molar refractivity (Wildman–Crippen MR) is 82.5 cm³/mol. The lowest BCUT2D eigenvalue weighted by atomic mass is 9.97. The van der Waals surface area contributed by atoms with Gasteiger partial charge in [0.15, 0.2) is 0 Å². The van der Waals surface area contributed by atoms with Crippen LogP contribution in [0.3, 0.4) is 0 Å². The molecule has 0 radical (unpaired) electrons. The Morgan fingerprint density at radius 2 is 2.10 bits per heavy atom. The lowest BCUT2D eigenvalue weighted by Crippen LogP contribution is -2.45. The first-order valence-corrected chi connectivity index (χ1v) is 7.94. The van der Waals surface area contributed by atoms with Crippen LogP contribution in [0, 0.1) is 5.92 Å². The van der Waals surface area contributed by atoms with E-state index in [4.69, 9.17) is 16.3 Å². The molecule has 1 aromatic carbocycles. The maximum Gasteiger partial charge on any atom is 0.123 e. The molecule has 1 atom stereocenters. The third-order valence-corrected chi connectivity index (χ3v) is 4.63. The van der Waals surface area contributed by atoms with Gasteiger partial charge in [-0.3, -0.25) is 4.90 Å². The maximum absolute atomic E-state index is 6.22. The fourth-order valence-corrected chi connectivity index (χ4v) is 3.28. The summed E-state index contributed by atoms with van der Waals surface area (Å²) in [5.41, 5.74) is 1.26. The minimum Gasteiger partial charge on any atom is -0.496 e. The van der Waals surface area contributed by atoms with E-state index in [1.54, 1.807) is 7.11 Å². The zero-order valence-electron chi connectivity index (χ0n) is 12.1. The van der Waals surface area contributed by atoms with Crippen LogP contribution in [-0.2, 0) is 0 Å². The van der Waals surface area contributed by atoms with Crippen LogP contribution < -0.4 is 10.1 Å². The molecule has 2 fully saturated rings. The first-order valence-electron chi connectivity index (χ1n) is 7.56. The summed E-state index contributed by atoms with van der Waals surface area (Å²) in [6.45, 7) is 4.36. The monoisotopic (exact) mass is 294 g/mol. The first kappa shape index (κ1) is 14.2. The van der Waals surface area contributed by atoms with Crippen molar-refractivity contribution in [3.05, 3.63) is 28.8 Å². The lowest BCUT2D eigenvalue weighted by molar-refractivity contribution is 0.158. The van der Waals surface area contributed by atoms with Crippen molar-refractivity contribution in [1.29, 1.82) is 0 Å². The molecular formula is C16H23ClN2O. The Balaban J connectivity index is 1.88. The van der Waals surface area contributed by atoms with Crippen LogP contribution in [0.15, 0.2) is 18.2 Å². The third kappa shape index (κ3) is 3.27. The van der Waals surface area contributed by atoms with Crippen LogP contribution in [0.1, 0.15) is 30.9 Å². The van der Waals surface area contributed by atoms with Gasteiger partial charge in [0, 0.05) is 42.8 Å². The second kappa shape index (κ2) is 6.33. The van der Waals surface area contributed by atoms with Gasteiger partial charge < -0.3 is 10.1 Å². The highest BCUT2D eigenvalue weighted by Crippen LogP contribution is 2.43. The molecule has 1 saturated carbocycles. The van der Waals surface area contributed by atoms with E-state index in [1.807, 2.05) is 12.1 Å². The van der Waals surface area contributed by atoms with Gasteiger partial charge in [-0.1, -0.05) is 24.4 Å². The van der Waals surface area contributed by atoms with Crippen LogP contribution in [0.2, 0.25) is 5.02 Å². The van der Waals surface area contributed by atoms with Gasteiger partial charge in [-0.2, -0.15) is 0 Å². The van der Waals surface area contributed by atoms with Gasteiger partial charge in [0.05, 0.1) is 7.11 Å². The van der Waals surface area contributed by atoms with Gasteiger partial charge in [0.1, 0.15) is 5.75 Å². The molecule has 0 unspecified atom stereocenters. The minimum atomic E-state index is 0.443. The standard InChI is InChI=1S/C16H23ClN2O/c1-20-16-5-4-13(17)11-14(16)15(10-12-2-3-12)19-8-6-18-7-9-19/h4-5,11-12,15,18H,2-3,6-10H2,1H3/t15-/m0/s1. The van der Waals surface area contributed by atoms with Crippen LogP contribution in [0.4, 0.5) is 0 Å². The average molecular weight is 295 g/mol. The van der Waals surface area contributed by atoms with E-state index in [2.05, 4.69) is 16.3 Å². The number of rotatable bonds is 5. The molecule has 110 valence electrons. The van der Waals surface area contributed by atoms with Crippen molar-refractivity contribution in [1.82, 2.24) is 10.2 Å². The van der Waals surface area contributed by atoms with Crippen molar-refractivity contribution in [2.75, 3.05) is 33.3 Å². The molecular weight excluding hydrogens is 272 g/mol. The Bertz CT molecular complexity index is 456. The second-order valence-electron chi connectivity index (χ2n) is 5.87. The van der Waals surface area contributed by atoms with Crippen LogP contribution in [0.5, 0.6) is 5.75 Å². The zero-order valence-corrected chi connectivity index (χ0v) is 12.8. The Hall–Kier alpha value is -0.770. The number of benzene rings is 1. The largest absolute Gasteiger partial charge is 0.496 e. The van der Waals surface area contributed by atoms with Crippen molar-refractivity contribution in [2.45, 2.75) is 25.3 Å². The van der Waals surface area contributed by atoms with Gasteiger partial charge in [-0.05, 0) is 30.5 Å². The predicted octanol–water partition coefficient (Wildman–Crippen LogP) is 3.10. The van der Waals surface area contributed by atoms with E-state index in [9.17, 15) is 0 Å². The number of piperazine rings is 1. The normalized spacial score (nSPS) is 21.7. The Morgan fingerprint density at radius 3 is 2.75 bits per heavy atom. The quantitative estimate of drug-likeness (QED) is 0.903. The van der Waals surface area contributed by atoms with Gasteiger partial charge in [-0.25, -0.2) is 0 Å². The van der Waals surface area contributed by atoms with Crippen molar-refractivity contribution in [2.24, 2.45) is 5.92 Å². The molecule has 1 N–H and O–H groups in total. The molecule has 0 bridgehead atoms. The molecule has 1 aliphatic carbocycles. The van der Waals surface area contributed by atoms with E-state index in [0.29, 0.717) is 6.04 Å². The van der Waals surface area contributed by atoms with E-state index >= 15 is 0 Å². The van der Waals surface area contributed by atoms with Crippen molar-refractivity contribution >= 4 is 11.6 Å². The summed E-state index contributed by atoms with van der Waals surface area (Å²) < 4.78 is 5.57. The fraction of sp³-hybridized carbons (Fsp3) is 0.625. The fourth-order valence-electron chi connectivity index (χ4n) is 3.10. The summed E-state index contributed by atoms with van der Waals surface area (Å²) in [5, 5.41) is 4.23. The number of nitrogens with zero attached hydrogens (tertiary/aromatic N) is 1. The number of methoxy groups -OCH3 is 1. The number of hydrogen-bond acceptors (Lipinski definition) is 3. The van der Waals surface area contributed by atoms with Crippen molar-refractivity contribution < 1.29 is 4.74 Å². The van der Waals surface area contributed by atoms with Crippen LogP contribution in [-0.4, -0.2) is 38.2 Å². The zero-order chi connectivity index (χ0) is 13.9. The summed E-state index contributed by atoms with van der Waals surface area (Å²) in [6.07, 6.45) is 3.99. The number of hydrogen-bond donors (Lipinski definition) is 1. The van der Waals surface area contributed by atoms with Gasteiger partial charge >= 0.3 is 0 Å². The second-order valence-corrected chi connectivity index (χ2v) is 6.30. The van der Waals surface area contributed by atoms with Crippen LogP contribution >= 0.6 is 11.6 Å². The highest BCUT2D eigenvalue weighted by atomic mass is 35.5. The first-order chi connectivity index (χ1) is 9.78. The average Bonchev–Trinajstić information content (AvgIpc) is 3.30. The molecule has 1 saturated heterocycles. The van der Waals surface area contributed by atoms with Crippen LogP contribution in [0.25, 0.3) is 0 Å². The molecule has 20 heavy (non-hydrogen) atoms. The van der Waals surface area contributed by atoms with Crippen molar-refractivity contribution in [3.63, 3.8) is 0 Å². The minimum absolute atomic E-state index is 0.443. The number of nitrogens with one attached hydrogen (secondary N) is 1. The molecule has 2 aliphatic rings. The lowest BCUT2D eigenvalue weighted by Gasteiger charge is -2.36. The Morgan fingerprint density at radius 1 is 1.35 bits per heavy atom. The summed E-state index contributed by atoms with van der Waals surface area (Å²) in [4.78, 5) is 2.59. The highest BCUT2D eigenvalue weighted by Gasteiger charge is 2.32. The molecule has 3 nitrogen and oxygen atoms in total. The molecule has 0 aromatic heterocycles. The van der Waals surface area contributed by atoms with E-state index in [-0.39, 0.29) is 0 Å². The molecule has 0 amide bonds. The molecule has 1 aliphatic heterocycles. The Kier molecular flexibility index (Phi) is 4.49. The SMILES string of the molecule is COc1ccc(Cl)cc1[C@H](CC1CC1)N1CCNCC1. The van der Waals surface area contributed by atoms with E-state index < -0.39 is 0 Å². The Labute approximate surface area is 126 Å². The molecule has 0 spiro atoms. The third-order valence-electron chi connectivity index (χ3n) is 4.40. The maximum atomic E-state index is 6.22. The van der Waals surface area contributed by atoms with Crippen molar-refractivity contribution in [3.8, 4) is 5.75 Å². The number of ether oxygens (including phenoxy) is 1. The summed E-state index contributed by atoms with van der Waals surface area (Å²) in [6, 6.07) is 6.45.